The molecular formula is C19H26O3S2. The Morgan fingerprint density at radius 3 is 2.67 bits per heavy atom. The first-order valence-corrected chi connectivity index (χ1v) is 10.3. The summed E-state index contributed by atoms with van der Waals surface area (Å²) in [6, 6.07) is 9.99. The zero-order valence-corrected chi connectivity index (χ0v) is 15.7. The third kappa shape index (κ3) is 5.96. The number of rotatable bonds is 9. The van der Waals surface area contributed by atoms with E-state index in [1.54, 1.807) is 6.08 Å². The van der Waals surface area contributed by atoms with Crippen LogP contribution < -0.4 is 0 Å². The molecule has 2 rings (SSSR count). The number of thioether (sulfide) groups is 2. The number of allylic oxidation sites excluding steroid dienone is 2. The molecule has 0 saturated carbocycles. The summed E-state index contributed by atoms with van der Waals surface area (Å²) in [6.45, 7) is 2.98. The van der Waals surface area contributed by atoms with Crippen LogP contribution in [0.25, 0.3) is 0 Å². The minimum absolute atomic E-state index is 0.0761. The second kappa shape index (κ2) is 10.3. The number of benzene rings is 1. The fourth-order valence-corrected chi connectivity index (χ4v) is 6.38. The van der Waals surface area contributed by atoms with Gasteiger partial charge in [-0.1, -0.05) is 43.3 Å². The number of ether oxygens (including phenoxy) is 1. The highest BCUT2D eigenvalue weighted by Crippen LogP contribution is 2.51. The van der Waals surface area contributed by atoms with Gasteiger partial charge in [-0.15, -0.1) is 23.5 Å². The first-order chi connectivity index (χ1) is 11.7. The van der Waals surface area contributed by atoms with Gasteiger partial charge in [0.25, 0.3) is 0 Å². The van der Waals surface area contributed by atoms with Gasteiger partial charge in [0.2, 0.25) is 0 Å². The van der Waals surface area contributed by atoms with E-state index >= 15 is 0 Å². The van der Waals surface area contributed by atoms with Crippen LogP contribution in [0.5, 0.6) is 0 Å². The van der Waals surface area contributed by atoms with Crippen LogP contribution in [0.15, 0.2) is 42.5 Å². The van der Waals surface area contributed by atoms with Crippen molar-refractivity contribution in [1.82, 2.24) is 0 Å². The molecule has 3 nitrogen and oxygen atoms in total. The maximum absolute atomic E-state index is 10.6. The van der Waals surface area contributed by atoms with E-state index < -0.39 is 6.10 Å². The van der Waals surface area contributed by atoms with Crippen molar-refractivity contribution in [1.29, 1.82) is 0 Å². The molecule has 1 N–H and O–H groups in total. The van der Waals surface area contributed by atoms with Crippen molar-refractivity contribution in [2.24, 2.45) is 5.92 Å². The molecule has 1 aliphatic heterocycles. The summed E-state index contributed by atoms with van der Waals surface area (Å²) in [5.41, 5.74) is 1.11. The third-order valence-corrected chi connectivity index (χ3v) is 7.84. The number of carbonyl (C=O) groups is 1. The van der Waals surface area contributed by atoms with Crippen molar-refractivity contribution in [2.75, 3.05) is 18.1 Å². The van der Waals surface area contributed by atoms with Crippen LogP contribution in [-0.2, 0) is 16.1 Å². The van der Waals surface area contributed by atoms with Crippen LogP contribution in [0.3, 0.4) is 0 Å². The summed E-state index contributed by atoms with van der Waals surface area (Å²) in [5.74, 6) is 2.43. The summed E-state index contributed by atoms with van der Waals surface area (Å²) >= 11 is 3.82. The molecule has 0 radical (unpaired) electrons. The van der Waals surface area contributed by atoms with Gasteiger partial charge in [0.05, 0.1) is 23.4 Å². The van der Waals surface area contributed by atoms with E-state index in [9.17, 15) is 9.90 Å². The van der Waals surface area contributed by atoms with Crippen molar-refractivity contribution >= 4 is 29.8 Å². The Balaban J connectivity index is 1.88. The Labute approximate surface area is 153 Å². The lowest BCUT2D eigenvalue weighted by molar-refractivity contribution is -0.104. The molecule has 24 heavy (non-hydrogen) atoms. The van der Waals surface area contributed by atoms with E-state index in [0.29, 0.717) is 19.6 Å². The Morgan fingerprint density at radius 1 is 1.29 bits per heavy atom. The predicted octanol–water partition coefficient (Wildman–Crippen LogP) is 3.91. The standard InChI is InChI=1S/C19H26O3S2/c1-16(7-5-10-20)19(23-11-6-12-24-19)13-18(21)15-22-14-17-8-3-2-4-9-17/h2-5,7-10,16,18,21H,6,11-15H2,1H3/b7-5-/t16-,18+/m1/s1. The summed E-state index contributed by atoms with van der Waals surface area (Å²) < 4.78 is 5.61. The van der Waals surface area contributed by atoms with E-state index in [-0.39, 0.29) is 10.00 Å². The second-order valence-electron chi connectivity index (χ2n) is 6.03. The molecule has 0 spiro atoms. The normalized spacial score (nSPS) is 19.9. The van der Waals surface area contributed by atoms with Gasteiger partial charge in [-0.05, 0) is 41.9 Å². The van der Waals surface area contributed by atoms with Gasteiger partial charge >= 0.3 is 0 Å². The summed E-state index contributed by atoms with van der Waals surface area (Å²) in [4.78, 5) is 10.6. The average molecular weight is 367 g/mol. The fraction of sp³-hybridized carbons (Fsp3) is 0.526. The molecule has 0 amide bonds. The highest BCUT2D eigenvalue weighted by Gasteiger charge is 2.39. The smallest absolute Gasteiger partial charge is 0.142 e. The highest BCUT2D eigenvalue weighted by molar-refractivity contribution is 8.18. The maximum atomic E-state index is 10.6. The molecule has 132 valence electrons. The lowest BCUT2D eigenvalue weighted by Crippen LogP contribution is -2.37. The Kier molecular flexibility index (Phi) is 8.39. The third-order valence-electron chi connectivity index (χ3n) is 4.10. The zero-order chi connectivity index (χ0) is 17.3. The largest absolute Gasteiger partial charge is 0.391 e. The first-order valence-electron chi connectivity index (χ1n) is 8.36. The fourth-order valence-electron chi connectivity index (χ4n) is 2.79. The molecule has 1 aromatic carbocycles. The maximum Gasteiger partial charge on any atom is 0.142 e. The number of aliphatic hydroxyl groups excluding tert-OH is 1. The lowest BCUT2D eigenvalue weighted by atomic mass is 10.0. The van der Waals surface area contributed by atoms with Crippen LogP contribution in [0.1, 0.15) is 25.3 Å². The Bertz CT molecular complexity index is 513. The molecule has 1 aromatic rings. The molecule has 2 atom stereocenters. The summed E-state index contributed by atoms with van der Waals surface area (Å²) in [6.07, 6.45) is 5.71. The van der Waals surface area contributed by atoms with Crippen molar-refractivity contribution in [3.05, 3.63) is 48.0 Å². The molecule has 5 heteroatoms. The molecule has 0 bridgehead atoms. The Hall–Kier alpha value is -0.750. The first kappa shape index (κ1) is 19.6. The van der Waals surface area contributed by atoms with Crippen molar-refractivity contribution in [2.45, 2.75) is 36.6 Å². The van der Waals surface area contributed by atoms with Gasteiger partial charge in [-0.2, -0.15) is 0 Å². The summed E-state index contributed by atoms with van der Waals surface area (Å²) in [5, 5.41) is 10.5. The van der Waals surface area contributed by atoms with Gasteiger partial charge in [-0.25, -0.2) is 0 Å². The molecule has 1 fully saturated rings. The van der Waals surface area contributed by atoms with E-state index in [4.69, 9.17) is 4.74 Å². The van der Waals surface area contributed by atoms with E-state index in [2.05, 4.69) is 6.92 Å². The van der Waals surface area contributed by atoms with Gasteiger partial charge in [-0.3, -0.25) is 4.79 Å². The van der Waals surface area contributed by atoms with Crippen LogP contribution in [-0.4, -0.2) is 39.7 Å². The Morgan fingerprint density at radius 2 is 2.00 bits per heavy atom. The number of carbonyl (C=O) groups excluding carboxylic acids is 1. The number of aldehydes is 1. The van der Waals surface area contributed by atoms with Crippen molar-refractivity contribution < 1.29 is 14.6 Å². The average Bonchev–Trinajstić information content (AvgIpc) is 2.61. The number of aliphatic hydroxyl groups is 1. The van der Waals surface area contributed by atoms with Crippen LogP contribution in [0.2, 0.25) is 0 Å². The number of hydrogen-bond acceptors (Lipinski definition) is 5. The van der Waals surface area contributed by atoms with Crippen LogP contribution >= 0.6 is 23.5 Å². The number of hydrogen-bond donors (Lipinski definition) is 1. The minimum Gasteiger partial charge on any atom is -0.391 e. The molecule has 1 aliphatic rings. The van der Waals surface area contributed by atoms with Crippen LogP contribution in [0, 0.1) is 5.92 Å². The molecule has 0 aromatic heterocycles. The second-order valence-corrected chi connectivity index (χ2v) is 9.14. The van der Waals surface area contributed by atoms with Crippen molar-refractivity contribution in [3.8, 4) is 0 Å². The highest BCUT2D eigenvalue weighted by atomic mass is 32.2. The lowest BCUT2D eigenvalue weighted by Gasteiger charge is -2.41. The zero-order valence-electron chi connectivity index (χ0n) is 14.1. The topological polar surface area (TPSA) is 46.5 Å². The predicted molar refractivity (Wildman–Crippen MR) is 103 cm³/mol. The molecule has 1 heterocycles. The van der Waals surface area contributed by atoms with Gasteiger partial charge in [0.1, 0.15) is 6.29 Å². The quantitative estimate of drug-likeness (QED) is 0.530. The van der Waals surface area contributed by atoms with Gasteiger partial charge in [0, 0.05) is 0 Å². The van der Waals surface area contributed by atoms with Crippen molar-refractivity contribution in [3.63, 3.8) is 0 Å². The monoisotopic (exact) mass is 366 g/mol. The van der Waals surface area contributed by atoms with E-state index in [0.717, 1.165) is 23.4 Å². The minimum atomic E-state index is -0.501. The van der Waals surface area contributed by atoms with Gasteiger partial charge in [0.15, 0.2) is 0 Å². The molecule has 0 aliphatic carbocycles. The van der Waals surface area contributed by atoms with E-state index in [1.807, 2.05) is 59.9 Å². The van der Waals surface area contributed by atoms with Crippen LogP contribution in [0.4, 0.5) is 0 Å². The van der Waals surface area contributed by atoms with E-state index in [1.165, 1.54) is 6.42 Å². The SMILES string of the molecule is C[C@H](/C=C\C=O)C1(C[C@H](O)COCc2ccccc2)SCCCS1. The molecular weight excluding hydrogens is 340 g/mol. The molecule has 1 saturated heterocycles. The molecule has 0 unspecified atom stereocenters. The van der Waals surface area contributed by atoms with Gasteiger partial charge < -0.3 is 9.84 Å². The summed E-state index contributed by atoms with van der Waals surface area (Å²) in [7, 11) is 0.